The van der Waals surface area contributed by atoms with Crippen LogP contribution in [0.5, 0.6) is 0 Å². The number of hydrogen-bond donors (Lipinski definition) is 1. The number of nitriles is 1. The molecule has 0 aliphatic rings. The van der Waals surface area contributed by atoms with Crippen LogP contribution in [0, 0.1) is 25.2 Å². The molecule has 2 aromatic rings. The van der Waals surface area contributed by atoms with E-state index in [2.05, 4.69) is 32.3 Å². The summed E-state index contributed by atoms with van der Waals surface area (Å²) >= 11 is 3.49. The summed E-state index contributed by atoms with van der Waals surface area (Å²) in [7, 11) is 0. The van der Waals surface area contributed by atoms with Crippen LogP contribution in [-0.2, 0) is 0 Å². The minimum absolute atomic E-state index is 0.605. The van der Waals surface area contributed by atoms with Crippen molar-refractivity contribution in [3.8, 4) is 6.07 Å². The van der Waals surface area contributed by atoms with Crippen molar-refractivity contribution >= 4 is 27.4 Å². The van der Waals surface area contributed by atoms with Gasteiger partial charge in [-0.3, -0.25) is 0 Å². The van der Waals surface area contributed by atoms with E-state index in [0.717, 1.165) is 21.4 Å². The number of aromatic nitrogens is 1. The highest BCUT2D eigenvalue weighted by Crippen LogP contribution is 2.26. The Balaban J connectivity index is 2.37. The Hall–Kier alpha value is -1.86. The highest BCUT2D eigenvalue weighted by atomic mass is 79.9. The Kier molecular flexibility index (Phi) is 3.63. The van der Waals surface area contributed by atoms with Gasteiger partial charge in [-0.25, -0.2) is 4.98 Å². The second-order valence-electron chi connectivity index (χ2n) is 4.10. The summed E-state index contributed by atoms with van der Waals surface area (Å²) in [6.45, 7) is 3.90. The van der Waals surface area contributed by atoms with Gasteiger partial charge in [0, 0.05) is 10.2 Å². The van der Waals surface area contributed by atoms with Crippen molar-refractivity contribution in [1.29, 1.82) is 5.26 Å². The van der Waals surface area contributed by atoms with Crippen molar-refractivity contribution < 1.29 is 0 Å². The SMILES string of the molecule is Cc1ccc(Br)c(Nc2cc(C#N)cc(C)n2)c1. The van der Waals surface area contributed by atoms with Crippen molar-refractivity contribution in [2.75, 3.05) is 5.32 Å². The maximum Gasteiger partial charge on any atom is 0.131 e. The van der Waals surface area contributed by atoms with Crippen LogP contribution >= 0.6 is 15.9 Å². The third kappa shape index (κ3) is 2.88. The Labute approximate surface area is 115 Å². The number of halogens is 1. The predicted molar refractivity (Wildman–Crippen MR) is 75.9 cm³/mol. The van der Waals surface area contributed by atoms with Gasteiger partial charge in [-0.05, 0) is 59.6 Å². The minimum atomic E-state index is 0.605. The van der Waals surface area contributed by atoms with E-state index in [9.17, 15) is 0 Å². The standard InChI is InChI=1S/C14H12BrN3/c1-9-3-4-12(15)13(5-9)18-14-7-11(8-16)6-10(2)17-14/h3-7H,1-2H3,(H,17,18). The minimum Gasteiger partial charge on any atom is -0.339 e. The number of benzene rings is 1. The van der Waals surface area contributed by atoms with Gasteiger partial charge < -0.3 is 5.32 Å². The van der Waals surface area contributed by atoms with Crippen LogP contribution < -0.4 is 5.32 Å². The van der Waals surface area contributed by atoms with Gasteiger partial charge in [0.2, 0.25) is 0 Å². The molecule has 3 nitrogen and oxygen atoms in total. The molecule has 0 aliphatic carbocycles. The van der Waals surface area contributed by atoms with Crippen LogP contribution in [0.15, 0.2) is 34.8 Å². The smallest absolute Gasteiger partial charge is 0.131 e. The van der Waals surface area contributed by atoms with E-state index in [0.29, 0.717) is 11.4 Å². The molecule has 0 spiro atoms. The highest BCUT2D eigenvalue weighted by molar-refractivity contribution is 9.10. The summed E-state index contributed by atoms with van der Waals surface area (Å²) in [5.41, 5.74) is 3.53. The number of aryl methyl sites for hydroxylation is 2. The fourth-order valence-electron chi connectivity index (χ4n) is 1.67. The van der Waals surface area contributed by atoms with E-state index in [1.54, 1.807) is 12.1 Å². The zero-order valence-corrected chi connectivity index (χ0v) is 11.7. The van der Waals surface area contributed by atoms with Crippen LogP contribution in [0.1, 0.15) is 16.8 Å². The molecule has 0 saturated carbocycles. The Bertz CT molecular complexity index is 629. The molecule has 1 aromatic carbocycles. The van der Waals surface area contributed by atoms with E-state index < -0.39 is 0 Å². The molecule has 0 amide bonds. The molecule has 0 bridgehead atoms. The second-order valence-corrected chi connectivity index (χ2v) is 4.96. The van der Waals surface area contributed by atoms with Crippen LogP contribution in [0.25, 0.3) is 0 Å². The van der Waals surface area contributed by atoms with Crippen molar-refractivity contribution in [2.45, 2.75) is 13.8 Å². The molecule has 0 saturated heterocycles. The predicted octanol–water partition coefficient (Wildman–Crippen LogP) is 4.08. The maximum absolute atomic E-state index is 8.94. The first kappa shape index (κ1) is 12.6. The monoisotopic (exact) mass is 301 g/mol. The molecule has 0 aliphatic heterocycles. The first-order valence-electron chi connectivity index (χ1n) is 5.50. The van der Waals surface area contributed by atoms with Gasteiger partial charge in [-0.1, -0.05) is 6.07 Å². The van der Waals surface area contributed by atoms with Gasteiger partial charge in [0.1, 0.15) is 5.82 Å². The lowest BCUT2D eigenvalue weighted by Gasteiger charge is -2.09. The van der Waals surface area contributed by atoms with Gasteiger partial charge in [-0.15, -0.1) is 0 Å². The van der Waals surface area contributed by atoms with E-state index >= 15 is 0 Å². The van der Waals surface area contributed by atoms with Crippen molar-refractivity contribution in [3.63, 3.8) is 0 Å². The topological polar surface area (TPSA) is 48.7 Å². The number of nitrogens with zero attached hydrogens (tertiary/aromatic N) is 2. The molecule has 2 rings (SSSR count). The van der Waals surface area contributed by atoms with Gasteiger partial charge in [0.05, 0.1) is 17.3 Å². The first-order chi connectivity index (χ1) is 8.58. The zero-order chi connectivity index (χ0) is 13.1. The van der Waals surface area contributed by atoms with Gasteiger partial charge in [0.25, 0.3) is 0 Å². The Morgan fingerprint density at radius 2 is 2.00 bits per heavy atom. The number of pyridine rings is 1. The Morgan fingerprint density at radius 1 is 1.22 bits per heavy atom. The van der Waals surface area contributed by atoms with Gasteiger partial charge >= 0.3 is 0 Å². The number of hydrogen-bond acceptors (Lipinski definition) is 3. The van der Waals surface area contributed by atoms with Crippen molar-refractivity contribution in [3.05, 3.63) is 51.6 Å². The van der Waals surface area contributed by atoms with Crippen LogP contribution in [-0.4, -0.2) is 4.98 Å². The largest absolute Gasteiger partial charge is 0.339 e. The van der Waals surface area contributed by atoms with Crippen LogP contribution in [0.4, 0.5) is 11.5 Å². The van der Waals surface area contributed by atoms with E-state index in [1.807, 2.05) is 32.0 Å². The van der Waals surface area contributed by atoms with E-state index in [-0.39, 0.29) is 0 Å². The van der Waals surface area contributed by atoms with Gasteiger partial charge in [0.15, 0.2) is 0 Å². The first-order valence-corrected chi connectivity index (χ1v) is 6.30. The molecule has 0 unspecified atom stereocenters. The Morgan fingerprint density at radius 3 is 2.72 bits per heavy atom. The van der Waals surface area contributed by atoms with Crippen LogP contribution in [0.2, 0.25) is 0 Å². The van der Waals surface area contributed by atoms with Crippen molar-refractivity contribution in [2.24, 2.45) is 0 Å². The molecule has 1 aromatic heterocycles. The second kappa shape index (κ2) is 5.19. The summed E-state index contributed by atoms with van der Waals surface area (Å²) in [6, 6.07) is 11.7. The fraction of sp³-hybridized carbons (Fsp3) is 0.143. The summed E-state index contributed by atoms with van der Waals surface area (Å²) in [5.74, 6) is 0.679. The quantitative estimate of drug-likeness (QED) is 0.909. The average Bonchev–Trinajstić information content (AvgIpc) is 2.33. The lowest BCUT2D eigenvalue weighted by atomic mass is 10.2. The molecule has 0 fully saturated rings. The molecular weight excluding hydrogens is 290 g/mol. The lowest BCUT2D eigenvalue weighted by Crippen LogP contribution is -1.97. The molecule has 1 N–H and O–H groups in total. The molecule has 90 valence electrons. The molecule has 1 heterocycles. The van der Waals surface area contributed by atoms with Crippen LogP contribution in [0.3, 0.4) is 0 Å². The number of nitrogens with one attached hydrogen (secondary N) is 1. The summed E-state index contributed by atoms with van der Waals surface area (Å²) in [5, 5.41) is 12.2. The zero-order valence-electron chi connectivity index (χ0n) is 10.2. The summed E-state index contributed by atoms with van der Waals surface area (Å²) in [6.07, 6.45) is 0. The third-order valence-corrected chi connectivity index (χ3v) is 3.16. The molecule has 0 radical (unpaired) electrons. The fourth-order valence-corrected chi connectivity index (χ4v) is 2.02. The summed E-state index contributed by atoms with van der Waals surface area (Å²) in [4.78, 5) is 4.36. The summed E-state index contributed by atoms with van der Waals surface area (Å²) < 4.78 is 0.968. The lowest BCUT2D eigenvalue weighted by molar-refractivity contribution is 1.19. The number of anilines is 2. The molecule has 0 atom stereocenters. The number of rotatable bonds is 2. The average molecular weight is 302 g/mol. The molecular formula is C14H12BrN3. The molecule has 4 heteroatoms. The normalized spacial score (nSPS) is 9.89. The van der Waals surface area contributed by atoms with E-state index in [1.165, 1.54) is 0 Å². The molecule has 18 heavy (non-hydrogen) atoms. The third-order valence-electron chi connectivity index (χ3n) is 2.47. The van der Waals surface area contributed by atoms with Gasteiger partial charge in [-0.2, -0.15) is 5.26 Å². The highest BCUT2D eigenvalue weighted by Gasteiger charge is 2.04. The maximum atomic E-state index is 8.94. The van der Waals surface area contributed by atoms with E-state index in [4.69, 9.17) is 5.26 Å². The van der Waals surface area contributed by atoms with Crippen molar-refractivity contribution in [1.82, 2.24) is 4.98 Å².